The van der Waals surface area contributed by atoms with E-state index < -0.39 is 11.5 Å². The Kier molecular flexibility index (Phi) is 10.0. The molecule has 3 N–H and O–H groups in total. The lowest BCUT2D eigenvalue weighted by Crippen LogP contribution is -2.44. The molecule has 0 bridgehead atoms. The Morgan fingerprint density at radius 3 is 1.84 bits per heavy atom. The summed E-state index contributed by atoms with van der Waals surface area (Å²) >= 11 is 0. The molecule has 0 saturated heterocycles. The van der Waals surface area contributed by atoms with E-state index in [1.165, 1.54) is 0 Å². The third-order valence-electron chi connectivity index (χ3n) is 5.81. The molecule has 4 nitrogen and oxygen atoms in total. The highest BCUT2D eigenvalue weighted by atomic mass is 16.3. The summed E-state index contributed by atoms with van der Waals surface area (Å²) in [6.07, 6.45) is 6.58. The molecular formula is C27H42O4. The van der Waals surface area contributed by atoms with Crippen LogP contribution in [0.1, 0.15) is 87.5 Å². The molecule has 0 radical (unpaired) electrons. The fourth-order valence-electron chi connectivity index (χ4n) is 3.72. The van der Waals surface area contributed by atoms with Gasteiger partial charge in [0.1, 0.15) is 11.5 Å². The Morgan fingerprint density at radius 1 is 0.935 bits per heavy atom. The van der Waals surface area contributed by atoms with Gasteiger partial charge in [-0.15, -0.1) is 0 Å². The summed E-state index contributed by atoms with van der Waals surface area (Å²) < 4.78 is 0. The van der Waals surface area contributed by atoms with Crippen LogP contribution < -0.4 is 0 Å². The predicted octanol–water partition coefficient (Wildman–Crippen LogP) is 7.05. The smallest absolute Gasteiger partial charge is 0.165 e. The van der Waals surface area contributed by atoms with Crippen LogP contribution in [-0.2, 0) is 4.79 Å². The molecule has 1 aliphatic rings. The van der Waals surface area contributed by atoms with E-state index >= 15 is 0 Å². The number of Topliss-reactive ketones (excluding diaryl/α,β-unsaturated/α-hetero) is 1. The SMILES string of the molecule is CC(C)=CCC1=C(O)C(CC=C(C)C)(CC=C(C)C)C(O)C(C(=O)CCC(C)C)=C1O. The van der Waals surface area contributed by atoms with Gasteiger partial charge in [0.25, 0.3) is 0 Å². The first-order chi connectivity index (χ1) is 14.3. The molecule has 1 aliphatic carbocycles. The first-order valence-electron chi connectivity index (χ1n) is 11.3. The van der Waals surface area contributed by atoms with Crippen LogP contribution >= 0.6 is 0 Å². The summed E-state index contributed by atoms with van der Waals surface area (Å²) in [4.78, 5) is 13.1. The number of ketones is 1. The largest absolute Gasteiger partial charge is 0.511 e. The molecule has 0 fully saturated rings. The minimum absolute atomic E-state index is 0.0228. The second-order valence-corrected chi connectivity index (χ2v) is 9.96. The first-order valence-corrected chi connectivity index (χ1v) is 11.3. The van der Waals surface area contributed by atoms with Gasteiger partial charge in [-0.3, -0.25) is 4.79 Å². The van der Waals surface area contributed by atoms with Crippen molar-refractivity contribution < 1.29 is 20.1 Å². The van der Waals surface area contributed by atoms with Crippen molar-refractivity contribution in [1.82, 2.24) is 0 Å². The molecule has 0 aromatic carbocycles. The van der Waals surface area contributed by atoms with E-state index in [4.69, 9.17) is 0 Å². The zero-order chi connectivity index (χ0) is 23.9. The normalized spacial score (nSPS) is 18.2. The molecule has 0 spiro atoms. The monoisotopic (exact) mass is 430 g/mol. The second-order valence-electron chi connectivity index (χ2n) is 9.96. The molecule has 0 aromatic heterocycles. The zero-order valence-corrected chi connectivity index (χ0v) is 20.7. The van der Waals surface area contributed by atoms with Crippen molar-refractivity contribution in [2.75, 3.05) is 0 Å². The van der Waals surface area contributed by atoms with Crippen LogP contribution in [0.3, 0.4) is 0 Å². The Bertz CT molecular complexity index is 786. The van der Waals surface area contributed by atoms with Crippen molar-refractivity contribution in [3.63, 3.8) is 0 Å². The Morgan fingerprint density at radius 2 is 1.42 bits per heavy atom. The highest BCUT2D eigenvalue weighted by molar-refractivity contribution is 5.98. The van der Waals surface area contributed by atoms with Crippen molar-refractivity contribution in [3.8, 4) is 0 Å². The highest BCUT2D eigenvalue weighted by Crippen LogP contribution is 2.49. The fraction of sp³-hybridized carbons (Fsp3) is 0.593. The van der Waals surface area contributed by atoms with E-state index in [0.29, 0.717) is 37.2 Å². The molecule has 31 heavy (non-hydrogen) atoms. The van der Waals surface area contributed by atoms with Crippen LogP contribution in [0, 0.1) is 11.3 Å². The van der Waals surface area contributed by atoms with Gasteiger partial charge >= 0.3 is 0 Å². The van der Waals surface area contributed by atoms with Crippen LogP contribution in [-0.4, -0.2) is 27.2 Å². The number of aliphatic hydroxyl groups excluding tert-OH is 3. The third kappa shape index (κ3) is 6.96. The topological polar surface area (TPSA) is 77.8 Å². The first kappa shape index (κ1) is 27.0. The van der Waals surface area contributed by atoms with Crippen LogP contribution in [0.15, 0.2) is 57.6 Å². The standard InChI is InChI=1S/C27H42O4/c1-17(2)9-11-21-24(29)23(22(28)12-10-18(3)4)26(31)27(25(21)30,15-13-19(5)6)16-14-20(7)8/h9,13-14,18,26,29-31H,10-12,15-16H2,1-8H3. The van der Waals surface area contributed by atoms with Gasteiger partial charge < -0.3 is 15.3 Å². The number of carbonyl (C=O) groups excluding carboxylic acids is 1. The van der Waals surface area contributed by atoms with Gasteiger partial charge in [-0.05, 0) is 73.1 Å². The molecule has 0 saturated carbocycles. The fourth-order valence-corrected chi connectivity index (χ4v) is 3.72. The van der Waals surface area contributed by atoms with Crippen molar-refractivity contribution in [1.29, 1.82) is 0 Å². The summed E-state index contributed by atoms with van der Waals surface area (Å²) in [5, 5.41) is 33.9. The molecule has 0 amide bonds. The Hall–Kier alpha value is -2.07. The van der Waals surface area contributed by atoms with Crippen molar-refractivity contribution in [3.05, 3.63) is 57.6 Å². The maximum atomic E-state index is 13.1. The van der Waals surface area contributed by atoms with E-state index in [9.17, 15) is 20.1 Å². The molecule has 0 aromatic rings. The van der Waals surface area contributed by atoms with Crippen molar-refractivity contribution >= 4 is 5.78 Å². The predicted molar refractivity (Wildman–Crippen MR) is 129 cm³/mol. The van der Waals surface area contributed by atoms with Crippen LogP contribution in [0.4, 0.5) is 0 Å². The minimum atomic E-state index is -1.28. The van der Waals surface area contributed by atoms with Gasteiger partial charge in [-0.1, -0.05) is 48.8 Å². The lowest BCUT2D eigenvalue weighted by molar-refractivity contribution is -0.118. The Labute approximate surface area is 188 Å². The average Bonchev–Trinajstić information content (AvgIpc) is 2.65. The molecule has 0 heterocycles. The maximum Gasteiger partial charge on any atom is 0.165 e. The molecule has 1 rings (SSSR count). The maximum absolute atomic E-state index is 13.1. The summed E-state index contributed by atoms with van der Waals surface area (Å²) in [7, 11) is 0. The number of rotatable bonds is 10. The molecular weight excluding hydrogens is 388 g/mol. The van der Waals surface area contributed by atoms with Crippen molar-refractivity contribution in [2.24, 2.45) is 11.3 Å². The van der Waals surface area contributed by atoms with Gasteiger partial charge in [-0.25, -0.2) is 0 Å². The molecule has 1 atom stereocenters. The van der Waals surface area contributed by atoms with E-state index in [2.05, 4.69) is 0 Å². The van der Waals surface area contributed by atoms with E-state index in [1.54, 1.807) is 0 Å². The molecule has 1 unspecified atom stereocenters. The number of aliphatic hydroxyl groups is 3. The summed E-state index contributed by atoms with van der Waals surface area (Å²) in [6.45, 7) is 15.9. The lowest BCUT2D eigenvalue weighted by atomic mass is 9.65. The summed E-state index contributed by atoms with van der Waals surface area (Å²) in [5.41, 5.74) is 2.46. The molecule has 0 aliphatic heterocycles. The quantitative estimate of drug-likeness (QED) is 0.325. The van der Waals surface area contributed by atoms with E-state index in [1.807, 2.05) is 73.6 Å². The summed E-state index contributed by atoms with van der Waals surface area (Å²) in [5.74, 6) is -0.200. The number of hydrogen-bond donors (Lipinski definition) is 3. The van der Waals surface area contributed by atoms with Crippen LogP contribution in [0.2, 0.25) is 0 Å². The lowest BCUT2D eigenvalue weighted by Gasteiger charge is -2.42. The van der Waals surface area contributed by atoms with Gasteiger partial charge in [0.15, 0.2) is 5.78 Å². The number of allylic oxidation sites excluding steroid dienone is 7. The third-order valence-corrected chi connectivity index (χ3v) is 5.81. The van der Waals surface area contributed by atoms with Crippen molar-refractivity contribution in [2.45, 2.75) is 93.6 Å². The molecule has 174 valence electrons. The number of hydrogen-bond acceptors (Lipinski definition) is 4. The average molecular weight is 431 g/mol. The van der Waals surface area contributed by atoms with E-state index in [-0.39, 0.29) is 29.3 Å². The van der Waals surface area contributed by atoms with Gasteiger partial charge in [0.05, 0.1) is 17.1 Å². The highest BCUT2D eigenvalue weighted by Gasteiger charge is 2.49. The van der Waals surface area contributed by atoms with Gasteiger partial charge in [-0.2, -0.15) is 0 Å². The Balaban J connectivity index is 3.74. The minimum Gasteiger partial charge on any atom is -0.511 e. The second kappa shape index (κ2) is 11.5. The zero-order valence-electron chi connectivity index (χ0n) is 20.7. The molecule has 4 heteroatoms. The van der Waals surface area contributed by atoms with Crippen LogP contribution in [0.5, 0.6) is 0 Å². The van der Waals surface area contributed by atoms with E-state index in [0.717, 1.165) is 16.7 Å². The van der Waals surface area contributed by atoms with Crippen LogP contribution in [0.25, 0.3) is 0 Å². The van der Waals surface area contributed by atoms with Gasteiger partial charge in [0, 0.05) is 12.0 Å². The number of carbonyl (C=O) groups is 1. The summed E-state index contributed by atoms with van der Waals surface area (Å²) in [6, 6.07) is 0. The van der Waals surface area contributed by atoms with Gasteiger partial charge in [0.2, 0.25) is 0 Å².